The molecular weight excluding hydrogens is 254 g/mol. The van der Waals surface area contributed by atoms with Crippen LogP contribution in [0.25, 0.3) is 0 Å². The maximum Gasteiger partial charge on any atom is 0.0738 e. The van der Waals surface area contributed by atoms with Crippen LogP contribution in [0.4, 0.5) is 0 Å². The minimum Gasteiger partial charge on any atom is -0.327 e. The van der Waals surface area contributed by atoms with Crippen molar-refractivity contribution in [1.29, 1.82) is 0 Å². The molecule has 2 N–H and O–H groups in total. The van der Waals surface area contributed by atoms with Gasteiger partial charge in [0.25, 0.3) is 0 Å². The molecule has 0 aliphatic heterocycles. The Morgan fingerprint density at radius 1 is 1.47 bits per heavy atom. The molecule has 1 aromatic rings. The molecule has 0 aromatic carbocycles. The number of hydrogen-bond donors (Lipinski definition) is 1. The Balaban J connectivity index is 2.92. The molecule has 0 radical (unpaired) electrons. The number of rotatable bonds is 4. The molecule has 0 amide bonds. The molecule has 15 heavy (non-hydrogen) atoms. The second kappa shape index (κ2) is 5.12. The molecule has 1 unspecified atom stereocenters. The predicted molar refractivity (Wildman–Crippen MR) is 66.9 cm³/mol. The molecule has 0 saturated heterocycles. The van der Waals surface area contributed by atoms with Gasteiger partial charge in [0, 0.05) is 19.0 Å². The van der Waals surface area contributed by atoms with Crippen molar-refractivity contribution in [3.63, 3.8) is 0 Å². The van der Waals surface area contributed by atoms with Gasteiger partial charge in [-0.05, 0) is 35.7 Å². The molecule has 86 valence electrons. The summed E-state index contributed by atoms with van der Waals surface area (Å²) in [5.41, 5.74) is 8.35. The van der Waals surface area contributed by atoms with E-state index in [0.717, 1.165) is 23.1 Å². The van der Waals surface area contributed by atoms with Gasteiger partial charge in [0.2, 0.25) is 0 Å². The molecule has 0 aliphatic rings. The van der Waals surface area contributed by atoms with E-state index in [0.29, 0.717) is 5.92 Å². The molecule has 0 bridgehead atoms. The molecule has 0 saturated carbocycles. The SMILES string of the molecule is CCn1nc(C)c(Br)c1CC(N)C(C)C. The molecule has 0 fully saturated rings. The van der Waals surface area contributed by atoms with Crippen LogP contribution >= 0.6 is 15.9 Å². The van der Waals surface area contributed by atoms with E-state index in [1.807, 2.05) is 11.6 Å². The molecule has 3 nitrogen and oxygen atoms in total. The zero-order chi connectivity index (χ0) is 11.6. The van der Waals surface area contributed by atoms with Crippen LogP contribution in [0.1, 0.15) is 32.2 Å². The first kappa shape index (κ1) is 12.7. The van der Waals surface area contributed by atoms with E-state index in [1.54, 1.807) is 0 Å². The van der Waals surface area contributed by atoms with E-state index in [1.165, 1.54) is 5.69 Å². The third-order valence-corrected chi connectivity index (χ3v) is 3.77. The van der Waals surface area contributed by atoms with Crippen molar-refractivity contribution in [2.75, 3.05) is 0 Å². The highest BCUT2D eigenvalue weighted by Crippen LogP contribution is 2.23. The van der Waals surface area contributed by atoms with Gasteiger partial charge in [-0.1, -0.05) is 13.8 Å². The lowest BCUT2D eigenvalue weighted by molar-refractivity contribution is 0.470. The Morgan fingerprint density at radius 2 is 2.07 bits per heavy atom. The first-order valence-electron chi connectivity index (χ1n) is 5.44. The molecule has 1 aromatic heterocycles. The zero-order valence-corrected chi connectivity index (χ0v) is 11.5. The number of halogens is 1. The summed E-state index contributed by atoms with van der Waals surface area (Å²) in [5, 5.41) is 4.46. The van der Waals surface area contributed by atoms with E-state index in [-0.39, 0.29) is 6.04 Å². The quantitative estimate of drug-likeness (QED) is 0.916. The summed E-state index contributed by atoms with van der Waals surface area (Å²) in [6.07, 6.45) is 0.882. The van der Waals surface area contributed by atoms with Crippen LogP contribution in [-0.4, -0.2) is 15.8 Å². The van der Waals surface area contributed by atoms with E-state index in [4.69, 9.17) is 5.73 Å². The van der Waals surface area contributed by atoms with Gasteiger partial charge in [0.1, 0.15) is 0 Å². The van der Waals surface area contributed by atoms with E-state index < -0.39 is 0 Å². The lowest BCUT2D eigenvalue weighted by atomic mass is 10.0. The van der Waals surface area contributed by atoms with Crippen LogP contribution in [0, 0.1) is 12.8 Å². The van der Waals surface area contributed by atoms with Crippen molar-refractivity contribution in [2.24, 2.45) is 11.7 Å². The summed E-state index contributed by atoms with van der Waals surface area (Å²) in [7, 11) is 0. The van der Waals surface area contributed by atoms with Crippen molar-refractivity contribution < 1.29 is 0 Å². The second-order valence-electron chi connectivity index (χ2n) is 4.27. The summed E-state index contributed by atoms with van der Waals surface area (Å²) in [5.74, 6) is 0.498. The van der Waals surface area contributed by atoms with Gasteiger partial charge in [-0.3, -0.25) is 4.68 Å². The Morgan fingerprint density at radius 3 is 2.53 bits per heavy atom. The first-order chi connectivity index (χ1) is 6.97. The molecular formula is C11H20BrN3. The molecule has 0 spiro atoms. The normalized spacial score (nSPS) is 13.5. The molecule has 1 heterocycles. The Bertz CT molecular complexity index is 331. The number of aromatic nitrogens is 2. The first-order valence-corrected chi connectivity index (χ1v) is 6.24. The highest BCUT2D eigenvalue weighted by atomic mass is 79.9. The Hall–Kier alpha value is -0.350. The smallest absolute Gasteiger partial charge is 0.0738 e. The number of nitrogens with zero attached hydrogens (tertiary/aromatic N) is 2. The lowest BCUT2D eigenvalue weighted by Crippen LogP contribution is -2.30. The van der Waals surface area contributed by atoms with Crippen LogP contribution in [0.5, 0.6) is 0 Å². The molecule has 4 heteroatoms. The van der Waals surface area contributed by atoms with Gasteiger partial charge >= 0.3 is 0 Å². The number of aryl methyl sites for hydroxylation is 2. The maximum atomic E-state index is 6.09. The third-order valence-electron chi connectivity index (χ3n) is 2.74. The average molecular weight is 274 g/mol. The van der Waals surface area contributed by atoms with E-state index in [9.17, 15) is 0 Å². The van der Waals surface area contributed by atoms with Crippen molar-refractivity contribution in [1.82, 2.24) is 9.78 Å². The average Bonchev–Trinajstić information content (AvgIpc) is 2.45. The Labute approximate surface area is 100 Å². The van der Waals surface area contributed by atoms with Crippen molar-refractivity contribution in [3.8, 4) is 0 Å². The molecule has 1 atom stereocenters. The van der Waals surface area contributed by atoms with Gasteiger partial charge < -0.3 is 5.73 Å². The number of hydrogen-bond acceptors (Lipinski definition) is 2. The van der Waals surface area contributed by atoms with Crippen LogP contribution in [0.2, 0.25) is 0 Å². The third kappa shape index (κ3) is 2.82. The summed E-state index contributed by atoms with van der Waals surface area (Å²) in [4.78, 5) is 0. The van der Waals surface area contributed by atoms with E-state index >= 15 is 0 Å². The standard InChI is InChI=1S/C11H20BrN3/c1-5-15-10(6-9(13)7(2)3)11(12)8(4)14-15/h7,9H,5-6,13H2,1-4H3. The fourth-order valence-corrected chi connectivity index (χ4v) is 1.97. The zero-order valence-electron chi connectivity index (χ0n) is 9.92. The van der Waals surface area contributed by atoms with E-state index in [2.05, 4.69) is 41.8 Å². The van der Waals surface area contributed by atoms with Crippen molar-refractivity contribution in [3.05, 3.63) is 15.9 Å². The summed E-state index contributed by atoms with van der Waals surface area (Å²) >= 11 is 3.58. The Kier molecular flexibility index (Phi) is 4.34. The highest BCUT2D eigenvalue weighted by Gasteiger charge is 2.16. The predicted octanol–water partition coefficient (Wildman–Crippen LogP) is 2.50. The summed E-state index contributed by atoms with van der Waals surface area (Å²) < 4.78 is 3.14. The fraction of sp³-hybridized carbons (Fsp3) is 0.727. The van der Waals surface area contributed by atoms with Crippen molar-refractivity contribution in [2.45, 2.75) is 46.7 Å². The van der Waals surface area contributed by atoms with Crippen LogP contribution in [0.15, 0.2) is 4.47 Å². The van der Waals surface area contributed by atoms with Crippen molar-refractivity contribution >= 4 is 15.9 Å². The van der Waals surface area contributed by atoms with Crippen LogP contribution in [0.3, 0.4) is 0 Å². The fourth-order valence-electron chi connectivity index (χ4n) is 1.52. The topological polar surface area (TPSA) is 43.8 Å². The van der Waals surface area contributed by atoms with Gasteiger partial charge in [-0.25, -0.2) is 0 Å². The summed E-state index contributed by atoms with van der Waals surface area (Å²) in [6.45, 7) is 9.31. The van der Waals surface area contributed by atoms with Gasteiger partial charge in [-0.2, -0.15) is 5.10 Å². The number of nitrogens with two attached hydrogens (primary N) is 1. The second-order valence-corrected chi connectivity index (χ2v) is 5.07. The van der Waals surface area contributed by atoms with Crippen LogP contribution in [-0.2, 0) is 13.0 Å². The molecule has 0 aliphatic carbocycles. The van der Waals surface area contributed by atoms with Crippen LogP contribution < -0.4 is 5.73 Å². The maximum absolute atomic E-state index is 6.09. The van der Waals surface area contributed by atoms with Gasteiger partial charge in [-0.15, -0.1) is 0 Å². The minimum atomic E-state index is 0.197. The lowest BCUT2D eigenvalue weighted by Gasteiger charge is -2.16. The highest BCUT2D eigenvalue weighted by molar-refractivity contribution is 9.10. The molecule has 1 rings (SSSR count). The minimum absolute atomic E-state index is 0.197. The van der Waals surface area contributed by atoms with Gasteiger partial charge in [0.05, 0.1) is 15.9 Å². The van der Waals surface area contributed by atoms with Gasteiger partial charge in [0.15, 0.2) is 0 Å². The summed E-state index contributed by atoms with van der Waals surface area (Å²) in [6, 6.07) is 0.197. The largest absolute Gasteiger partial charge is 0.327 e. The monoisotopic (exact) mass is 273 g/mol.